The summed E-state index contributed by atoms with van der Waals surface area (Å²) in [4.78, 5) is 0. The third-order valence-electron chi connectivity index (χ3n) is 2.92. The predicted octanol–water partition coefficient (Wildman–Crippen LogP) is 4.90. The number of halogens is 2. The van der Waals surface area contributed by atoms with Crippen molar-refractivity contribution in [2.45, 2.75) is 26.3 Å². The molecule has 2 rings (SSSR count). The molecule has 2 aromatic rings. The summed E-state index contributed by atoms with van der Waals surface area (Å²) in [6, 6.07) is 10.1. The number of likely N-dealkylation sites (N-methyl/N-ethyl adjacent to an activating group) is 1. The molecule has 0 amide bonds. The minimum Gasteiger partial charge on any atom is -0.461 e. The van der Waals surface area contributed by atoms with Crippen molar-refractivity contribution in [3.8, 4) is 11.3 Å². The van der Waals surface area contributed by atoms with Gasteiger partial charge in [-0.3, -0.25) is 0 Å². The van der Waals surface area contributed by atoms with Gasteiger partial charge in [-0.15, -0.1) is 0 Å². The molecule has 102 valence electrons. The Balaban J connectivity index is 2.18. The molecule has 1 heterocycles. The highest BCUT2D eigenvalue weighted by atomic mass is 79.9. The summed E-state index contributed by atoms with van der Waals surface area (Å²) in [5.41, 5.74) is 0.981. The second kappa shape index (κ2) is 6.60. The van der Waals surface area contributed by atoms with Crippen LogP contribution in [0.5, 0.6) is 0 Å². The Hall–Kier alpha value is -0.770. The molecule has 0 saturated carbocycles. The fraction of sp³-hybridized carbons (Fsp3) is 0.333. The fourth-order valence-corrected chi connectivity index (χ4v) is 2.66. The van der Waals surface area contributed by atoms with Gasteiger partial charge in [0, 0.05) is 27.5 Å². The smallest absolute Gasteiger partial charge is 0.135 e. The van der Waals surface area contributed by atoms with Crippen LogP contribution in [0.15, 0.2) is 39.2 Å². The Kier molecular flexibility index (Phi) is 5.08. The lowest BCUT2D eigenvalue weighted by Gasteiger charge is -2.09. The van der Waals surface area contributed by atoms with E-state index in [9.17, 15) is 0 Å². The average Bonchev–Trinajstić information content (AvgIpc) is 2.81. The van der Waals surface area contributed by atoms with Crippen LogP contribution in [-0.2, 0) is 6.42 Å². The van der Waals surface area contributed by atoms with Crippen molar-refractivity contribution in [3.05, 3.63) is 45.6 Å². The van der Waals surface area contributed by atoms with E-state index in [4.69, 9.17) is 16.0 Å². The van der Waals surface area contributed by atoms with Crippen molar-refractivity contribution in [1.29, 1.82) is 0 Å². The third-order valence-corrected chi connectivity index (χ3v) is 3.84. The highest BCUT2D eigenvalue weighted by Crippen LogP contribution is 2.32. The van der Waals surface area contributed by atoms with Crippen molar-refractivity contribution < 1.29 is 4.42 Å². The number of hydrogen-bond acceptors (Lipinski definition) is 2. The van der Waals surface area contributed by atoms with Crippen LogP contribution in [0, 0.1) is 0 Å². The molecule has 0 fully saturated rings. The van der Waals surface area contributed by atoms with Gasteiger partial charge < -0.3 is 9.73 Å². The van der Waals surface area contributed by atoms with Crippen molar-refractivity contribution in [1.82, 2.24) is 5.32 Å². The lowest BCUT2D eigenvalue weighted by atomic mass is 10.2. The SMILES string of the molecule is CCNC(C)Cc1ccc(-c2cc(Cl)ccc2Br)o1. The largest absolute Gasteiger partial charge is 0.461 e. The topological polar surface area (TPSA) is 25.2 Å². The Bertz CT molecular complexity index is 553. The number of furan rings is 1. The number of nitrogens with one attached hydrogen (secondary N) is 1. The lowest BCUT2D eigenvalue weighted by molar-refractivity contribution is 0.470. The van der Waals surface area contributed by atoms with Crippen LogP contribution in [0.2, 0.25) is 5.02 Å². The van der Waals surface area contributed by atoms with Crippen LogP contribution in [0.25, 0.3) is 11.3 Å². The van der Waals surface area contributed by atoms with Crippen LogP contribution in [0.4, 0.5) is 0 Å². The monoisotopic (exact) mass is 341 g/mol. The van der Waals surface area contributed by atoms with Crippen molar-refractivity contribution in [3.63, 3.8) is 0 Å². The summed E-state index contributed by atoms with van der Waals surface area (Å²) in [6.07, 6.45) is 0.881. The molecule has 4 heteroatoms. The molecule has 0 aliphatic rings. The zero-order valence-corrected chi connectivity index (χ0v) is 13.4. The highest BCUT2D eigenvalue weighted by molar-refractivity contribution is 9.10. The summed E-state index contributed by atoms with van der Waals surface area (Å²) in [6.45, 7) is 5.22. The Morgan fingerprint density at radius 2 is 2.11 bits per heavy atom. The second-order valence-corrected chi connectivity index (χ2v) is 5.84. The molecule has 19 heavy (non-hydrogen) atoms. The maximum atomic E-state index is 6.03. The minimum absolute atomic E-state index is 0.409. The molecule has 1 N–H and O–H groups in total. The third kappa shape index (κ3) is 3.85. The van der Waals surface area contributed by atoms with Gasteiger partial charge in [0.1, 0.15) is 11.5 Å². The summed E-state index contributed by atoms with van der Waals surface area (Å²) in [7, 11) is 0. The number of hydrogen-bond donors (Lipinski definition) is 1. The van der Waals surface area contributed by atoms with E-state index < -0.39 is 0 Å². The maximum absolute atomic E-state index is 6.03. The van der Waals surface area contributed by atoms with Gasteiger partial charge in [0.25, 0.3) is 0 Å². The summed E-state index contributed by atoms with van der Waals surface area (Å²) in [5, 5.41) is 4.08. The molecular weight excluding hydrogens is 326 g/mol. The molecule has 0 aliphatic heterocycles. The van der Waals surface area contributed by atoms with Gasteiger partial charge >= 0.3 is 0 Å². The minimum atomic E-state index is 0.409. The Morgan fingerprint density at radius 1 is 1.32 bits per heavy atom. The van der Waals surface area contributed by atoms with Crippen LogP contribution < -0.4 is 5.32 Å². The Labute approximate surface area is 127 Å². The van der Waals surface area contributed by atoms with E-state index in [1.54, 1.807) is 0 Å². The first-order valence-corrected chi connectivity index (χ1v) is 7.54. The van der Waals surface area contributed by atoms with Crippen molar-refractivity contribution in [2.75, 3.05) is 6.54 Å². The Morgan fingerprint density at radius 3 is 2.84 bits per heavy atom. The zero-order valence-electron chi connectivity index (χ0n) is 11.0. The summed E-state index contributed by atoms with van der Waals surface area (Å²) in [5.74, 6) is 1.82. The number of benzene rings is 1. The van der Waals surface area contributed by atoms with Gasteiger partial charge in [-0.2, -0.15) is 0 Å². The first kappa shape index (κ1) is 14.6. The highest BCUT2D eigenvalue weighted by Gasteiger charge is 2.11. The molecule has 2 nitrogen and oxygen atoms in total. The summed E-state index contributed by atoms with van der Waals surface area (Å²) < 4.78 is 6.88. The molecule has 0 aliphatic carbocycles. The van der Waals surface area contributed by atoms with Gasteiger partial charge in [0.2, 0.25) is 0 Å². The molecule has 1 aromatic heterocycles. The van der Waals surface area contributed by atoms with Crippen molar-refractivity contribution in [2.24, 2.45) is 0 Å². The molecule has 0 bridgehead atoms. The summed E-state index contributed by atoms with van der Waals surface area (Å²) >= 11 is 9.55. The van der Waals surface area contributed by atoms with E-state index in [0.29, 0.717) is 11.1 Å². The first-order chi connectivity index (χ1) is 9.10. The quantitative estimate of drug-likeness (QED) is 0.835. The van der Waals surface area contributed by atoms with Gasteiger partial charge in [-0.1, -0.05) is 34.5 Å². The standard InChI is InChI=1S/C15H17BrClNO/c1-3-18-10(2)8-12-5-7-15(19-12)13-9-11(17)4-6-14(13)16/h4-7,9-10,18H,3,8H2,1-2H3. The van der Waals surface area contributed by atoms with Gasteiger partial charge in [0.15, 0.2) is 0 Å². The van der Waals surface area contributed by atoms with Crippen LogP contribution in [0.1, 0.15) is 19.6 Å². The fourth-order valence-electron chi connectivity index (χ4n) is 2.04. The van der Waals surface area contributed by atoms with E-state index in [-0.39, 0.29) is 0 Å². The molecule has 1 unspecified atom stereocenters. The molecule has 0 radical (unpaired) electrons. The van der Waals surface area contributed by atoms with Crippen LogP contribution in [0.3, 0.4) is 0 Å². The zero-order chi connectivity index (χ0) is 13.8. The van der Waals surface area contributed by atoms with E-state index in [1.165, 1.54) is 0 Å². The number of rotatable bonds is 5. The van der Waals surface area contributed by atoms with E-state index in [2.05, 4.69) is 35.1 Å². The first-order valence-electron chi connectivity index (χ1n) is 6.37. The van der Waals surface area contributed by atoms with Gasteiger partial charge in [-0.25, -0.2) is 0 Å². The lowest BCUT2D eigenvalue weighted by Crippen LogP contribution is -2.27. The molecular formula is C15H17BrClNO. The van der Waals surface area contributed by atoms with E-state index in [1.807, 2.05) is 30.3 Å². The van der Waals surface area contributed by atoms with E-state index in [0.717, 1.165) is 34.5 Å². The van der Waals surface area contributed by atoms with Crippen LogP contribution in [-0.4, -0.2) is 12.6 Å². The van der Waals surface area contributed by atoms with E-state index >= 15 is 0 Å². The molecule has 0 saturated heterocycles. The van der Waals surface area contributed by atoms with Gasteiger partial charge in [0.05, 0.1) is 0 Å². The van der Waals surface area contributed by atoms with Crippen LogP contribution >= 0.6 is 27.5 Å². The average molecular weight is 343 g/mol. The van der Waals surface area contributed by atoms with Crippen molar-refractivity contribution >= 4 is 27.5 Å². The maximum Gasteiger partial charge on any atom is 0.135 e. The predicted molar refractivity (Wildman–Crippen MR) is 83.7 cm³/mol. The second-order valence-electron chi connectivity index (χ2n) is 4.55. The molecule has 1 atom stereocenters. The normalized spacial score (nSPS) is 12.6. The molecule has 0 spiro atoms. The molecule has 1 aromatic carbocycles. The van der Waals surface area contributed by atoms with Gasteiger partial charge in [-0.05, 0) is 43.8 Å².